The highest BCUT2D eigenvalue weighted by Crippen LogP contribution is 2.27. The molecule has 0 saturated carbocycles. The first-order chi connectivity index (χ1) is 14.3. The maximum absolute atomic E-state index is 11.9. The van der Waals surface area contributed by atoms with Gasteiger partial charge in [0, 0.05) is 29.3 Å². The molecule has 10 nitrogen and oxygen atoms in total. The van der Waals surface area contributed by atoms with Gasteiger partial charge in [-0.05, 0) is 24.6 Å². The van der Waals surface area contributed by atoms with Gasteiger partial charge in [0.25, 0.3) is 11.4 Å². The molecule has 1 amide bonds. The molecule has 3 rings (SSSR count). The van der Waals surface area contributed by atoms with Gasteiger partial charge in [0.15, 0.2) is 0 Å². The van der Waals surface area contributed by atoms with Crippen LogP contribution in [0.1, 0.15) is 16.9 Å². The topological polar surface area (TPSA) is 141 Å². The van der Waals surface area contributed by atoms with Gasteiger partial charge in [-0.2, -0.15) is 5.10 Å². The highest BCUT2D eigenvalue weighted by molar-refractivity contribution is 5.82. The van der Waals surface area contributed by atoms with Crippen molar-refractivity contribution >= 4 is 23.5 Å². The Balaban J connectivity index is 1.60. The number of amides is 1. The lowest BCUT2D eigenvalue weighted by molar-refractivity contribution is -0.385. The summed E-state index contributed by atoms with van der Waals surface area (Å²) in [5.74, 6) is 0.377. The van der Waals surface area contributed by atoms with Gasteiger partial charge >= 0.3 is 0 Å². The van der Waals surface area contributed by atoms with Crippen LogP contribution in [-0.4, -0.2) is 22.0 Å². The summed E-state index contributed by atoms with van der Waals surface area (Å²) in [6.07, 6.45) is 1.31. The van der Waals surface area contributed by atoms with Crippen LogP contribution >= 0.6 is 0 Å². The number of non-ortho nitro benzene ring substituents is 1. The molecule has 0 aliphatic carbocycles. The number of hydrazone groups is 1. The number of hydrogen-bond acceptors (Lipinski definition) is 7. The van der Waals surface area contributed by atoms with E-state index in [2.05, 4.69) is 10.5 Å². The molecule has 3 aromatic rings. The lowest BCUT2D eigenvalue weighted by Gasteiger charge is -2.01. The molecule has 2 aromatic carbocycles. The minimum absolute atomic E-state index is 0.00220. The van der Waals surface area contributed by atoms with Crippen LogP contribution < -0.4 is 5.43 Å². The molecule has 0 aliphatic rings. The molecule has 1 aromatic heterocycles. The van der Waals surface area contributed by atoms with E-state index in [0.29, 0.717) is 28.2 Å². The summed E-state index contributed by atoms with van der Waals surface area (Å²) in [5.41, 5.74) is 4.00. The fourth-order valence-electron chi connectivity index (χ4n) is 2.67. The van der Waals surface area contributed by atoms with Crippen LogP contribution in [0, 0.1) is 27.2 Å². The molecule has 0 atom stereocenters. The van der Waals surface area contributed by atoms with Crippen molar-refractivity contribution in [3.63, 3.8) is 0 Å². The third-order valence-electron chi connectivity index (χ3n) is 4.21. The summed E-state index contributed by atoms with van der Waals surface area (Å²) < 4.78 is 5.59. The Kier molecular flexibility index (Phi) is 5.97. The number of aryl methyl sites for hydroxylation is 1. The molecule has 152 valence electrons. The van der Waals surface area contributed by atoms with Gasteiger partial charge in [0.1, 0.15) is 11.5 Å². The Labute approximate surface area is 170 Å². The molecule has 0 bridgehead atoms. The van der Waals surface area contributed by atoms with Crippen molar-refractivity contribution in [3.05, 3.63) is 91.7 Å². The Morgan fingerprint density at radius 3 is 2.47 bits per heavy atom. The first-order valence-electron chi connectivity index (χ1n) is 8.74. The number of nitro benzene ring substituents is 2. The van der Waals surface area contributed by atoms with Crippen LogP contribution in [-0.2, 0) is 11.2 Å². The van der Waals surface area contributed by atoms with Gasteiger partial charge in [0.2, 0.25) is 5.91 Å². The molecular weight excluding hydrogens is 392 g/mol. The Hall–Kier alpha value is -4.34. The van der Waals surface area contributed by atoms with E-state index in [0.717, 1.165) is 0 Å². The number of rotatable bonds is 7. The number of carbonyl (C=O) groups is 1. The lowest BCUT2D eigenvalue weighted by atomic mass is 10.1. The Morgan fingerprint density at radius 2 is 1.80 bits per heavy atom. The number of nitro groups is 2. The standard InChI is InChI=1S/C20H16N4O6/c1-13-2-5-15(11-18(13)24(28)29)19-9-8-17(30-19)12-21-22-20(25)10-14-3-6-16(7-4-14)23(26)27/h2-9,11-12H,10H2,1H3,(H,22,25)/b21-12-. The van der Waals surface area contributed by atoms with Crippen molar-refractivity contribution in [2.24, 2.45) is 5.10 Å². The van der Waals surface area contributed by atoms with E-state index in [1.54, 1.807) is 31.2 Å². The fraction of sp³-hybridized carbons (Fsp3) is 0.100. The summed E-state index contributed by atoms with van der Waals surface area (Å²) in [6, 6.07) is 13.7. The second-order valence-electron chi connectivity index (χ2n) is 6.35. The van der Waals surface area contributed by atoms with Crippen LogP contribution in [0.2, 0.25) is 0 Å². The van der Waals surface area contributed by atoms with E-state index in [4.69, 9.17) is 4.42 Å². The molecule has 30 heavy (non-hydrogen) atoms. The van der Waals surface area contributed by atoms with Crippen molar-refractivity contribution in [2.45, 2.75) is 13.3 Å². The third-order valence-corrected chi connectivity index (χ3v) is 4.21. The SMILES string of the molecule is Cc1ccc(-c2ccc(/C=N\NC(=O)Cc3ccc([N+](=O)[O-])cc3)o2)cc1[N+](=O)[O-]. The average Bonchev–Trinajstić information content (AvgIpc) is 3.17. The van der Waals surface area contributed by atoms with Crippen LogP contribution in [0.4, 0.5) is 11.4 Å². The molecule has 0 fully saturated rings. The highest BCUT2D eigenvalue weighted by atomic mass is 16.6. The van der Waals surface area contributed by atoms with Crippen molar-refractivity contribution in [3.8, 4) is 11.3 Å². The summed E-state index contributed by atoms with van der Waals surface area (Å²) in [5, 5.41) is 25.5. The minimum Gasteiger partial charge on any atom is -0.455 e. The van der Waals surface area contributed by atoms with Crippen molar-refractivity contribution in [1.82, 2.24) is 5.43 Å². The third kappa shape index (κ3) is 4.93. The molecule has 0 saturated heterocycles. The van der Waals surface area contributed by atoms with Crippen LogP contribution in [0.3, 0.4) is 0 Å². The normalized spacial score (nSPS) is 10.8. The Morgan fingerprint density at radius 1 is 1.07 bits per heavy atom. The number of furan rings is 1. The van der Waals surface area contributed by atoms with Gasteiger partial charge in [0.05, 0.1) is 22.5 Å². The van der Waals surface area contributed by atoms with Gasteiger partial charge in [-0.15, -0.1) is 0 Å². The van der Waals surface area contributed by atoms with E-state index in [1.165, 1.54) is 36.5 Å². The predicted octanol–water partition coefficient (Wildman–Crippen LogP) is 3.76. The van der Waals surface area contributed by atoms with E-state index < -0.39 is 15.8 Å². The summed E-state index contributed by atoms with van der Waals surface area (Å²) in [7, 11) is 0. The number of nitrogens with zero attached hydrogens (tertiary/aromatic N) is 3. The molecule has 1 heterocycles. The van der Waals surface area contributed by atoms with Crippen LogP contribution in [0.15, 0.2) is 64.1 Å². The van der Waals surface area contributed by atoms with Crippen molar-refractivity contribution in [2.75, 3.05) is 0 Å². The van der Waals surface area contributed by atoms with Gasteiger partial charge in [-0.1, -0.05) is 24.3 Å². The zero-order valence-corrected chi connectivity index (χ0v) is 15.8. The first kappa shape index (κ1) is 20.4. The van der Waals surface area contributed by atoms with Crippen LogP contribution in [0.5, 0.6) is 0 Å². The maximum Gasteiger partial charge on any atom is 0.273 e. The van der Waals surface area contributed by atoms with E-state index >= 15 is 0 Å². The van der Waals surface area contributed by atoms with Crippen LogP contribution in [0.25, 0.3) is 11.3 Å². The van der Waals surface area contributed by atoms with E-state index in [-0.39, 0.29) is 17.8 Å². The van der Waals surface area contributed by atoms with E-state index in [9.17, 15) is 25.0 Å². The summed E-state index contributed by atoms with van der Waals surface area (Å²) in [4.78, 5) is 32.7. The quantitative estimate of drug-likeness (QED) is 0.358. The van der Waals surface area contributed by atoms with Gasteiger partial charge in [-0.3, -0.25) is 25.0 Å². The zero-order valence-electron chi connectivity index (χ0n) is 15.8. The highest BCUT2D eigenvalue weighted by Gasteiger charge is 2.13. The van der Waals surface area contributed by atoms with E-state index in [1.807, 2.05) is 0 Å². The summed E-state index contributed by atoms with van der Waals surface area (Å²) in [6.45, 7) is 1.65. The molecule has 0 radical (unpaired) electrons. The molecule has 10 heteroatoms. The number of nitrogens with one attached hydrogen (secondary N) is 1. The number of carbonyl (C=O) groups excluding carboxylic acids is 1. The van der Waals surface area contributed by atoms with Crippen molar-refractivity contribution < 1.29 is 19.1 Å². The largest absolute Gasteiger partial charge is 0.455 e. The maximum atomic E-state index is 11.9. The molecule has 1 N–H and O–H groups in total. The first-order valence-corrected chi connectivity index (χ1v) is 8.74. The number of hydrogen-bond donors (Lipinski definition) is 1. The second kappa shape index (κ2) is 8.78. The molecule has 0 aliphatic heterocycles. The predicted molar refractivity (Wildman–Crippen MR) is 108 cm³/mol. The number of benzene rings is 2. The van der Waals surface area contributed by atoms with Gasteiger partial charge < -0.3 is 4.42 Å². The molecular formula is C20H16N4O6. The second-order valence-corrected chi connectivity index (χ2v) is 6.35. The fourth-order valence-corrected chi connectivity index (χ4v) is 2.67. The van der Waals surface area contributed by atoms with Crippen molar-refractivity contribution in [1.29, 1.82) is 0 Å². The summed E-state index contributed by atoms with van der Waals surface area (Å²) >= 11 is 0. The zero-order chi connectivity index (χ0) is 21.7. The Bertz CT molecular complexity index is 1130. The molecule has 0 spiro atoms. The van der Waals surface area contributed by atoms with Gasteiger partial charge in [-0.25, -0.2) is 5.43 Å². The molecule has 0 unspecified atom stereocenters. The monoisotopic (exact) mass is 408 g/mol. The minimum atomic E-state index is -0.513. The average molecular weight is 408 g/mol. The lowest BCUT2D eigenvalue weighted by Crippen LogP contribution is -2.19. The smallest absolute Gasteiger partial charge is 0.273 e.